The number of carbonyl (C=O) groups is 1. The van der Waals surface area contributed by atoms with Crippen molar-refractivity contribution in [2.45, 2.75) is 32.9 Å². The number of hydrogen-bond acceptors (Lipinski definition) is 6. The van der Waals surface area contributed by atoms with Crippen molar-refractivity contribution in [1.29, 1.82) is 0 Å². The Balaban J connectivity index is 1.69. The van der Waals surface area contributed by atoms with E-state index in [2.05, 4.69) is 15.3 Å². The molecule has 1 amide bonds. The Morgan fingerprint density at radius 2 is 2.11 bits per heavy atom. The van der Waals surface area contributed by atoms with Crippen LogP contribution in [0.3, 0.4) is 0 Å². The molecule has 0 aliphatic carbocycles. The van der Waals surface area contributed by atoms with Gasteiger partial charge in [-0.15, -0.1) is 0 Å². The molecular weight excluding hydrogens is 350 g/mol. The summed E-state index contributed by atoms with van der Waals surface area (Å²) in [6, 6.07) is 7.91. The van der Waals surface area contributed by atoms with Crippen LogP contribution in [0.25, 0.3) is 11.0 Å². The zero-order chi connectivity index (χ0) is 19.4. The Labute approximate surface area is 154 Å². The van der Waals surface area contributed by atoms with E-state index in [9.17, 15) is 14.4 Å². The SMILES string of the molecule is CCc1cc(=O)oc2cc(O[C@@H](C)C(=O)NCc3cc(=O)[nH]cn3)ccc12. The molecule has 0 aliphatic heterocycles. The molecule has 0 spiro atoms. The summed E-state index contributed by atoms with van der Waals surface area (Å²) < 4.78 is 10.9. The lowest BCUT2D eigenvalue weighted by atomic mass is 10.1. The van der Waals surface area contributed by atoms with E-state index in [0.29, 0.717) is 23.4 Å². The van der Waals surface area contributed by atoms with Crippen LogP contribution in [0.4, 0.5) is 0 Å². The minimum Gasteiger partial charge on any atom is -0.481 e. The molecule has 140 valence electrons. The quantitative estimate of drug-likeness (QED) is 0.637. The second-order valence-electron chi connectivity index (χ2n) is 5.98. The number of rotatable bonds is 6. The molecule has 27 heavy (non-hydrogen) atoms. The fourth-order valence-corrected chi connectivity index (χ4v) is 2.66. The van der Waals surface area contributed by atoms with Crippen molar-refractivity contribution < 1.29 is 13.9 Å². The Bertz CT molecular complexity index is 1090. The summed E-state index contributed by atoms with van der Waals surface area (Å²) in [5.74, 6) is 0.0526. The van der Waals surface area contributed by atoms with Crippen LogP contribution in [0.1, 0.15) is 25.1 Å². The third kappa shape index (κ3) is 4.41. The van der Waals surface area contributed by atoms with Crippen LogP contribution < -0.4 is 21.2 Å². The average Bonchev–Trinajstić information content (AvgIpc) is 2.65. The molecule has 0 radical (unpaired) electrons. The lowest BCUT2D eigenvalue weighted by Crippen LogP contribution is -2.36. The minimum absolute atomic E-state index is 0.114. The second-order valence-corrected chi connectivity index (χ2v) is 5.98. The molecule has 0 fully saturated rings. The predicted octanol–water partition coefficient (Wildman–Crippen LogP) is 1.52. The van der Waals surface area contributed by atoms with Crippen LogP contribution in [0.5, 0.6) is 5.75 Å². The molecule has 3 rings (SSSR count). The number of ether oxygens (including phenoxy) is 1. The number of benzene rings is 1. The Hall–Kier alpha value is -3.42. The maximum atomic E-state index is 12.2. The van der Waals surface area contributed by atoms with Crippen molar-refractivity contribution in [3.8, 4) is 5.75 Å². The molecule has 2 aromatic heterocycles. The first kappa shape index (κ1) is 18.4. The Morgan fingerprint density at radius 1 is 1.30 bits per heavy atom. The second kappa shape index (κ2) is 7.86. The summed E-state index contributed by atoms with van der Waals surface area (Å²) in [6.45, 7) is 3.67. The molecule has 3 aromatic rings. The zero-order valence-corrected chi connectivity index (χ0v) is 14.9. The molecular formula is C19H19N3O5. The number of hydrogen-bond donors (Lipinski definition) is 2. The monoisotopic (exact) mass is 369 g/mol. The van der Waals surface area contributed by atoms with E-state index in [0.717, 1.165) is 10.9 Å². The highest BCUT2D eigenvalue weighted by molar-refractivity contribution is 5.82. The first-order valence-corrected chi connectivity index (χ1v) is 8.51. The van der Waals surface area contributed by atoms with Gasteiger partial charge in [-0.05, 0) is 31.0 Å². The van der Waals surface area contributed by atoms with E-state index < -0.39 is 11.7 Å². The minimum atomic E-state index is -0.787. The third-order valence-electron chi connectivity index (χ3n) is 4.04. The van der Waals surface area contributed by atoms with Crippen molar-refractivity contribution in [2.24, 2.45) is 0 Å². The number of amides is 1. The molecule has 0 saturated carbocycles. The van der Waals surface area contributed by atoms with Gasteiger partial charge in [-0.2, -0.15) is 0 Å². The molecule has 1 atom stereocenters. The molecule has 0 aliphatic rings. The molecule has 0 bridgehead atoms. The van der Waals surface area contributed by atoms with E-state index in [-0.39, 0.29) is 18.0 Å². The van der Waals surface area contributed by atoms with Crippen molar-refractivity contribution in [3.05, 3.63) is 68.7 Å². The van der Waals surface area contributed by atoms with E-state index in [1.165, 1.54) is 18.5 Å². The van der Waals surface area contributed by atoms with Crippen molar-refractivity contribution in [1.82, 2.24) is 15.3 Å². The molecule has 2 N–H and O–H groups in total. The number of H-pyrrole nitrogens is 1. The van der Waals surface area contributed by atoms with E-state index in [1.807, 2.05) is 6.92 Å². The van der Waals surface area contributed by atoms with E-state index in [4.69, 9.17) is 9.15 Å². The normalized spacial score (nSPS) is 11.9. The number of carbonyl (C=O) groups excluding carboxylic acids is 1. The fourth-order valence-electron chi connectivity index (χ4n) is 2.66. The maximum Gasteiger partial charge on any atom is 0.336 e. The molecule has 8 nitrogen and oxygen atoms in total. The molecule has 0 saturated heterocycles. The van der Waals surface area contributed by atoms with Gasteiger partial charge in [-0.3, -0.25) is 9.59 Å². The van der Waals surface area contributed by atoms with Crippen LogP contribution in [0.2, 0.25) is 0 Å². The standard InChI is InChI=1S/C19H19N3O5/c1-3-12-6-18(24)27-16-8-14(4-5-15(12)16)26-11(2)19(25)20-9-13-7-17(23)22-10-21-13/h4-8,10-11H,3,9H2,1-2H3,(H,20,25)(H,21,22,23)/t11-/m0/s1. The molecule has 1 aromatic carbocycles. The van der Waals surface area contributed by atoms with Gasteiger partial charge in [0.2, 0.25) is 0 Å². The van der Waals surface area contributed by atoms with Crippen molar-refractivity contribution >= 4 is 16.9 Å². The highest BCUT2D eigenvalue weighted by Gasteiger charge is 2.15. The maximum absolute atomic E-state index is 12.2. The summed E-state index contributed by atoms with van der Waals surface area (Å²) in [5.41, 5.74) is 1.04. The lowest BCUT2D eigenvalue weighted by Gasteiger charge is -2.15. The van der Waals surface area contributed by atoms with Crippen LogP contribution in [-0.4, -0.2) is 22.0 Å². The smallest absolute Gasteiger partial charge is 0.336 e. The topological polar surface area (TPSA) is 114 Å². The Morgan fingerprint density at radius 3 is 2.85 bits per heavy atom. The van der Waals surface area contributed by atoms with Crippen LogP contribution >= 0.6 is 0 Å². The van der Waals surface area contributed by atoms with Gasteiger partial charge in [-0.25, -0.2) is 9.78 Å². The van der Waals surface area contributed by atoms with Crippen LogP contribution in [0.15, 0.2) is 50.7 Å². The average molecular weight is 369 g/mol. The van der Waals surface area contributed by atoms with E-state index >= 15 is 0 Å². The summed E-state index contributed by atoms with van der Waals surface area (Å²) >= 11 is 0. The van der Waals surface area contributed by atoms with Gasteiger partial charge in [0.05, 0.1) is 18.6 Å². The third-order valence-corrected chi connectivity index (χ3v) is 4.04. The van der Waals surface area contributed by atoms with Crippen LogP contribution in [0, 0.1) is 0 Å². The largest absolute Gasteiger partial charge is 0.481 e. The summed E-state index contributed by atoms with van der Waals surface area (Å²) in [4.78, 5) is 41.4. The van der Waals surface area contributed by atoms with E-state index in [1.54, 1.807) is 25.1 Å². The summed E-state index contributed by atoms with van der Waals surface area (Å²) in [7, 11) is 0. The van der Waals surface area contributed by atoms with Crippen molar-refractivity contribution in [3.63, 3.8) is 0 Å². The van der Waals surface area contributed by atoms with Gasteiger partial charge >= 0.3 is 5.63 Å². The molecule has 2 heterocycles. The van der Waals surface area contributed by atoms with Crippen molar-refractivity contribution in [2.75, 3.05) is 0 Å². The fraction of sp³-hybridized carbons (Fsp3) is 0.263. The number of aromatic nitrogens is 2. The number of nitrogens with zero attached hydrogens (tertiary/aromatic N) is 1. The number of nitrogens with one attached hydrogen (secondary N) is 2. The number of aryl methyl sites for hydroxylation is 1. The van der Waals surface area contributed by atoms with Gasteiger partial charge in [0.25, 0.3) is 11.5 Å². The highest BCUT2D eigenvalue weighted by Crippen LogP contribution is 2.23. The van der Waals surface area contributed by atoms with Crippen LogP contribution in [-0.2, 0) is 17.8 Å². The Kier molecular flexibility index (Phi) is 5.35. The van der Waals surface area contributed by atoms with Gasteiger partial charge in [0.15, 0.2) is 6.10 Å². The molecule has 0 unspecified atom stereocenters. The predicted molar refractivity (Wildman–Crippen MR) is 98.7 cm³/mol. The van der Waals surface area contributed by atoms with Gasteiger partial charge in [0, 0.05) is 23.6 Å². The zero-order valence-electron chi connectivity index (χ0n) is 14.9. The van der Waals surface area contributed by atoms with Gasteiger partial charge in [-0.1, -0.05) is 6.92 Å². The lowest BCUT2D eigenvalue weighted by molar-refractivity contribution is -0.127. The summed E-state index contributed by atoms with van der Waals surface area (Å²) in [6.07, 6.45) is 1.19. The van der Waals surface area contributed by atoms with Gasteiger partial charge in [0.1, 0.15) is 11.3 Å². The first-order valence-electron chi connectivity index (χ1n) is 8.51. The number of fused-ring (bicyclic) bond motifs is 1. The first-order chi connectivity index (χ1) is 13.0. The summed E-state index contributed by atoms with van der Waals surface area (Å²) in [5, 5.41) is 3.49. The van der Waals surface area contributed by atoms with Gasteiger partial charge < -0.3 is 19.5 Å². The molecule has 8 heteroatoms. The number of aromatic amines is 1. The highest BCUT2D eigenvalue weighted by atomic mass is 16.5.